The average molecular weight is 414 g/mol. The molecule has 3 aromatic rings. The minimum Gasteiger partial charge on any atom is -0.478 e. The van der Waals surface area contributed by atoms with Crippen molar-refractivity contribution in [3.63, 3.8) is 0 Å². The standard InChI is InChI=1S/C19H18N4O7/c24-11(9-2-1-3-10(6-9)19(28)29)4-5-12-14(25)15(26)18(30-12)23-8-22-13-16(23)20-7-21-17(13)27/h1-3,6-8,12,14-15,18,25-26H,4-5H2,(H,28,29)(H,20,21,27)/t12-,14-,15+,18-/m0/s1. The second kappa shape index (κ2) is 7.78. The number of aliphatic hydroxyl groups excluding tert-OH is 2. The second-order valence-corrected chi connectivity index (χ2v) is 6.95. The van der Waals surface area contributed by atoms with Crippen LogP contribution in [0.2, 0.25) is 0 Å². The topological polar surface area (TPSA) is 168 Å². The van der Waals surface area contributed by atoms with Crippen LogP contribution in [0.3, 0.4) is 0 Å². The molecular formula is C19H18N4O7. The molecule has 11 heteroatoms. The fourth-order valence-corrected chi connectivity index (χ4v) is 3.49. The van der Waals surface area contributed by atoms with Crippen LogP contribution in [0.25, 0.3) is 11.2 Å². The number of nitrogens with zero attached hydrogens (tertiary/aromatic N) is 3. The number of fused-ring (bicyclic) bond motifs is 1. The lowest BCUT2D eigenvalue weighted by molar-refractivity contribution is -0.0369. The number of imidazole rings is 1. The van der Waals surface area contributed by atoms with Gasteiger partial charge in [-0.25, -0.2) is 14.8 Å². The first kappa shape index (κ1) is 19.9. The van der Waals surface area contributed by atoms with Gasteiger partial charge in [-0.15, -0.1) is 0 Å². The van der Waals surface area contributed by atoms with E-state index in [-0.39, 0.29) is 40.9 Å². The molecule has 3 heterocycles. The summed E-state index contributed by atoms with van der Waals surface area (Å²) in [4.78, 5) is 45.7. The van der Waals surface area contributed by atoms with Gasteiger partial charge in [0.2, 0.25) is 0 Å². The average Bonchev–Trinajstić information content (AvgIpc) is 3.29. The Labute approximate surface area is 168 Å². The normalized spacial score (nSPS) is 23.7. The summed E-state index contributed by atoms with van der Waals surface area (Å²) in [5, 5.41) is 29.8. The molecule has 156 valence electrons. The number of benzene rings is 1. The van der Waals surface area contributed by atoms with E-state index in [2.05, 4.69) is 15.0 Å². The van der Waals surface area contributed by atoms with Crippen molar-refractivity contribution in [1.82, 2.24) is 19.5 Å². The number of aliphatic hydroxyl groups is 2. The zero-order chi connectivity index (χ0) is 21.4. The second-order valence-electron chi connectivity index (χ2n) is 6.95. The molecule has 1 aliphatic heterocycles. The number of carbonyl (C=O) groups excluding carboxylic acids is 1. The number of carboxylic acids is 1. The molecule has 0 spiro atoms. The number of carboxylic acid groups (broad SMARTS) is 1. The fourth-order valence-electron chi connectivity index (χ4n) is 3.49. The van der Waals surface area contributed by atoms with Gasteiger partial charge in [0.15, 0.2) is 23.2 Å². The first-order valence-corrected chi connectivity index (χ1v) is 9.15. The Morgan fingerprint density at radius 3 is 2.70 bits per heavy atom. The number of ketones is 1. The van der Waals surface area contributed by atoms with Gasteiger partial charge >= 0.3 is 5.97 Å². The van der Waals surface area contributed by atoms with Crippen LogP contribution in [0, 0.1) is 0 Å². The van der Waals surface area contributed by atoms with Gasteiger partial charge in [0.05, 0.1) is 24.3 Å². The highest BCUT2D eigenvalue weighted by atomic mass is 16.6. The highest BCUT2D eigenvalue weighted by Crippen LogP contribution is 2.33. The molecule has 30 heavy (non-hydrogen) atoms. The predicted octanol–water partition coefficient (Wildman–Crippen LogP) is 0.100. The van der Waals surface area contributed by atoms with Crippen molar-refractivity contribution in [2.75, 3.05) is 0 Å². The summed E-state index contributed by atoms with van der Waals surface area (Å²) in [6.07, 6.45) is -1.91. The molecule has 0 saturated carbocycles. The molecule has 4 N–H and O–H groups in total. The molecule has 0 radical (unpaired) electrons. The summed E-state index contributed by atoms with van der Waals surface area (Å²) in [6, 6.07) is 5.67. The number of ether oxygens (including phenoxy) is 1. The van der Waals surface area contributed by atoms with Crippen molar-refractivity contribution < 1.29 is 29.6 Å². The van der Waals surface area contributed by atoms with Gasteiger partial charge < -0.3 is 25.0 Å². The maximum atomic E-state index is 12.4. The Morgan fingerprint density at radius 2 is 1.93 bits per heavy atom. The van der Waals surface area contributed by atoms with Gasteiger partial charge in [0.25, 0.3) is 5.56 Å². The summed E-state index contributed by atoms with van der Waals surface area (Å²) in [7, 11) is 0. The smallest absolute Gasteiger partial charge is 0.335 e. The molecule has 0 unspecified atom stereocenters. The van der Waals surface area contributed by atoms with E-state index in [0.29, 0.717) is 0 Å². The largest absolute Gasteiger partial charge is 0.478 e. The molecule has 0 aliphatic carbocycles. The van der Waals surface area contributed by atoms with Crippen molar-refractivity contribution in [2.45, 2.75) is 37.4 Å². The lowest BCUT2D eigenvalue weighted by Crippen LogP contribution is -2.31. The predicted molar refractivity (Wildman–Crippen MR) is 101 cm³/mol. The number of aromatic amines is 1. The van der Waals surface area contributed by atoms with Crippen LogP contribution in [-0.4, -0.2) is 64.9 Å². The number of hydrogen-bond acceptors (Lipinski definition) is 8. The molecule has 0 amide bonds. The van der Waals surface area contributed by atoms with Crippen LogP contribution in [0.15, 0.2) is 41.7 Å². The third kappa shape index (κ3) is 3.49. The maximum absolute atomic E-state index is 12.4. The van der Waals surface area contributed by atoms with Crippen LogP contribution in [0.1, 0.15) is 39.8 Å². The molecule has 1 aromatic carbocycles. The third-order valence-corrected chi connectivity index (χ3v) is 5.06. The van der Waals surface area contributed by atoms with Crippen molar-refractivity contribution >= 4 is 22.9 Å². The number of hydrogen-bond donors (Lipinski definition) is 4. The quantitative estimate of drug-likeness (QED) is 0.409. The van der Waals surface area contributed by atoms with Crippen LogP contribution < -0.4 is 5.56 Å². The number of aromatic nitrogens is 4. The first-order chi connectivity index (χ1) is 14.4. The van der Waals surface area contributed by atoms with Crippen LogP contribution in [-0.2, 0) is 4.74 Å². The molecule has 1 fully saturated rings. The first-order valence-electron chi connectivity index (χ1n) is 9.15. The maximum Gasteiger partial charge on any atom is 0.335 e. The Balaban J connectivity index is 1.48. The molecular weight excluding hydrogens is 396 g/mol. The van der Waals surface area contributed by atoms with Crippen LogP contribution in [0.5, 0.6) is 0 Å². The van der Waals surface area contributed by atoms with Crippen molar-refractivity contribution in [1.29, 1.82) is 0 Å². The molecule has 1 saturated heterocycles. The van der Waals surface area contributed by atoms with Gasteiger partial charge in [-0.2, -0.15) is 0 Å². The van der Waals surface area contributed by atoms with E-state index >= 15 is 0 Å². The SMILES string of the molecule is O=C(O)c1cccc(C(=O)CC[C@@H]2O[C@H](n3cnc4c(=O)[nH]cnc43)[C@H](O)[C@H]2O)c1. The van der Waals surface area contributed by atoms with E-state index in [1.807, 2.05) is 0 Å². The monoisotopic (exact) mass is 414 g/mol. The van der Waals surface area contributed by atoms with Gasteiger partial charge in [-0.3, -0.25) is 14.2 Å². The summed E-state index contributed by atoms with van der Waals surface area (Å²) < 4.78 is 7.11. The Kier molecular flexibility index (Phi) is 5.16. The number of nitrogens with one attached hydrogen (secondary N) is 1. The van der Waals surface area contributed by atoms with Gasteiger partial charge in [-0.1, -0.05) is 12.1 Å². The molecule has 4 rings (SSSR count). The zero-order valence-electron chi connectivity index (χ0n) is 15.5. The molecule has 2 aromatic heterocycles. The van der Waals surface area contributed by atoms with E-state index in [9.17, 15) is 24.6 Å². The van der Waals surface area contributed by atoms with Crippen molar-refractivity contribution in [3.8, 4) is 0 Å². The Bertz CT molecular complexity index is 1170. The third-order valence-electron chi connectivity index (χ3n) is 5.06. The van der Waals surface area contributed by atoms with Gasteiger partial charge in [0, 0.05) is 12.0 Å². The molecule has 0 bridgehead atoms. The minimum absolute atomic E-state index is 0.00274. The highest BCUT2D eigenvalue weighted by Gasteiger charge is 2.44. The van der Waals surface area contributed by atoms with E-state index in [1.165, 1.54) is 41.5 Å². The van der Waals surface area contributed by atoms with E-state index < -0.39 is 36.1 Å². The van der Waals surface area contributed by atoms with E-state index in [0.717, 1.165) is 0 Å². The highest BCUT2D eigenvalue weighted by molar-refractivity contribution is 5.98. The number of H-pyrrole nitrogens is 1. The van der Waals surface area contributed by atoms with Crippen molar-refractivity contribution in [2.24, 2.45) is 0 Å². The van der Waals surface area contributed by atoms with Crippen molar-refractivity contribution in [3.05, 3.63) is 58.4 Å². The lowest BCUT2D eigenvalue weighted by Gasteiger charge is -2.16. The number of rotatable bonds is 6. The number of Topliss-reactive ketones (excluding diaryl/α,β-unsaturated/α-hetero) is 1. The van der Waals surface area contributed by atoms with Gasteiger partial charge in [0.1, 0.15) is 12.2 Å². The fraction of sp³-hybridized carbons (Fsp3) is 0.316. The Hall–Kier alpha value is -3.41. The summed E-state index contributed by atoms with van der Waals surface area (Å²) in [6.45, 7) is 0. The molecule has 11 nitrogen and oxygen atoms in total. The Morgan fingerprint density at radius 1 is 1.17 bits per heavy atom. The lowest BCUT2D eigenvalue weighted by atomic mass is 10.00. The molecule has 1 aliphatic rings. The van der Waals surface area contributed by atoms with Gasteiger partial charge in [-0.05, 0) is 18.6 Å². The van der Waals surface area contributed by atoms with Crippen LogP contribution in [0.4, 0.5) is 0 Å². The summed E-state index contributed by atoms with van der Waals surface area (Å²) in [5.41, 5.74) is 0.0564. The van der Waals surface area contributed by atoms with E-state index in [1.54, 1.807) is 0 Å². The molecule has 4 atom stereocenters. The summed E-state index contributed by atoms with van der Waals surface area (Å²) >= 11 is 0. The van der Waals surface area contributed by atoms with Crippen LogP contribution >= 0.6 is 0 Å². The number of aromatic carboxylic acids is 1. The zero-order valence-corrected chi connectivity index (χ0v) is 15.5. The van der Waals surface area contributed by atoms with E-state index in [4.69, 9.17) is 9.84 Å². The number of carbonyl (C=O) groups is 2. The summed E-state index contributed by atoms with van der Waals surface area (Å²) in [5.74, 6) is -1.45. The minimum atomic E-state index is -1.32.